The molecule has 19 heavy (non-hydrogen) atoms. The molecule has 2 heteroatoms. The van der Waals surface area contributed by atoms with Gasteiger partial charge in [0.2, 0.25) is 0 Å². The van der Waals surface area contributed by atoms with Crippen LogP contribution in [0.25, 0.3) is 5.76 Å². The Morgan fingerprint density at radius 3 is 2.79 bits per heavy atom. The molecule has 0 atom stereocenters. The molecule has 0 saturated carbocycles. The van der Waals surface area contributed by atoms with E-state index in [0.717, 1.165) is 22.4 Å². The van der Waals surface area contributed by atoms with Gasteiger partial charge in [-0.25, -0.2) is 0 Å². The number of hydrogen-bond donors (Lipinski definition) is 0. The second-order valence-corrected chi connectivity index (χ2v) is 4.49. The monoisotopic (exact) mass is 247 g/mol. The fraction of sp³-hybridized carbons (Fsp3) is 0.118. The fourth-order valence-electron chi connectivity index (χ4n) is 2.30. The number of benzene rings is 2. The van der Waals surface area contributed by atoms with E-state index in [0.29, 0.717) is 13.0 Å². The molecule has 0 N–H and O–H groups in total. The van der Waals surface area contributed by atoms with Gasteiger partial charge in [-0.05, 0) is 24.1 Å². The van der Waals surface area contributed by atoms with E-state index in [9.17, 15) is 0 Å². The van der Waals surface area contributed by atoms with Crippen molar-refractivity contribution in [3.8, 4) is 6.07 Å². The number of nitrogens with zero attached hydrogens (tertiary/aromatic N) is 1. The number of nitriles is 1. The zero-order valence-corrected chi connectivity index (χ0v) is 10.5. The van der Waals surface area contributed by atoms with Crippen molar-refractivity contribution in [3.63, 3.8) is 0 Å². The third-order valence-electron chi connectivity index (χ3n) is 3.31. The molecule has 0 bridgehead atoms. The first-order valence-corrected chi connectivity index (χ1v) is 6.28. The SMILES string of the molecule is N#Cc1ccccc1C/C=C1\OCc2ccccc21. The maximum absolute atomic E-state index is 9.07. The lowest BCUT2D eigenvalue weighted by molar-refractivity contribution is 0.284. The minimum Gasteiger partial charge on any atom is -0.489 e. The van der Waals surface area contributed by atoms with Gasteiger partial charge in [0.25, 0.3) is 0 Å². The van der Waals surface area contributed by atoms with Gasteiger partial charge in [-0.1, -0.05) is 42.5 Å². The summed E-state index contributed by atoms with van der Waals surface area (Å²) in [5.41, 5.74) is 4.15. The van der Waals surface area contributed by atoms with E-state index in [1.807, 2.05) is 36.4 Å². The second kappa shape index (κ2) is 4.99. The maximum Gasteiger partial charge on any atom is 0.123 e. The van der Waals surface area contributed by atoms with Gasteiger partial charge < -0.3 is 4.74 Å². The van der Waals surface area contributed by atoms with Crippen molar-refractivity contribution in [1.29, 1.82) is 5.26 Å². The molecule has 1 aliphatic heterocycles. The van der Waals surface area contributed by atoms with E-state index in [1.165, 1.54) is 5.56 Å². The average Bonchev–Trinajstić information content (AvgIpc) is 2.89. The van der Waals surface area contributed by atoms with Crippen molar-refractivity contribution in [2.24, 2.45) is 0 Å². The topological polar surface area (TPSA) is 33.0 Å². The highest BCUT2D eigenvalue weighted by molar-refractivity contribution is 5.66. The van der Waals surface area contributed by atoms with Gasteiger partial charge in [0.05, 0.1) is 11.6 Å². The first-order valence-electron chi connectivity index (χ1n) is 6.28. The molecule has 1 aliphatic rings. The highest BCUT2D eigenvalue weighted by Gasteiger charge is 2.16. The van der Waals surface area contributed by atoms with Crippen LogP contribution in [-0.4, -0.2) is 0 Å². The van der Waals surface area contributed by atoms with Crippen LogP contribution in [0.15, 0.2) is 54.6 Å². The third-order valence-corrected chi connectivity index (χ3v) is 3.31. The minimum atomic E-state index is 0.641. The number of rotatable bonds is 2. The largest absolute Gasteiger partial charge is 0.489 e. The van der Waals surface area contributed by atoms with Crippen molar-refractivity contribution in [3.05, 3.63) is 76.9 Å². The molecule has 2 nitrogen and oxygen atoms in total. The molecular formula is C17H13NO. The number of fused-ring (bicyclic) bond motifs is 1. The van der Waals surface area contributed by atoms with Crippen molar-refractivity contribution >= 4 is 5.76 Å². The van der Waals surface area contributed by atoms with E-state index < -0.39 is 0 Å². The molecule has 0 saturated heterocycles. The Balaban J connectivity index is 1.87. The molecule has 2 aromatic rings. The molecule has 92 valence electrons. The predicted molar refractivity (Wildman–Crippen MR) is 74.1 cm³/mol. The Morgan fingerprint density at radius 2 is 1.89 bits per heavy atom. The molecule has 0 unspecified atom stereocenters. The summed E-state index contributed by atoms with van der Waals surface area (Å²) >= 11 is 0. The fourth-order valence-corrected chi connectivity index (χ4v) is 2.30. The summed E-state index contributed by atoms with van der Waals surface area (Å²) in [6, 6.07) is 18.1. The summed E-state index contributed by atoms with van der Waals surface area (Å²) in [4.78, 5) is 0. The van der Waals surface area contributed by atoms with Crippen LogP contribution in [0.1, 0.15) is 22.3 Å². The third kappa shape index (κ3) is 2.23. The van der Waals surface area contributed by atoms with Gasteiger partial charge in [-0.15, -0.1) is 0 Å². The van der Waals surface area contributed by atoms with E-state index in [-0.39, 0.29) is 0 Å². The Morgan fingerprint density at radius 1 is 1.11 bits per heavy atom. The van der Waals surface area contributed by atoms with Crippen LogP contribution >= 0.6 is 0 Å². The van der Waals surface area contributed by atoms with E-state index in [4.69, 9.17) is 10.00 Å². The second-order valence-electron chi connectivity index (χ2n) is 4.49. The molecule has 0 radical (unpaired) electrons. The quantitative estimate of drug-likeness (QED) is 0.811. The average molecular weight is 247 g/mol. The zero-order valence-electron chi connectivity index (χ0n) is 10.5. The summed E-state index contributed by atoms with van der Waals surface area (Å²) in [7, 11) is 0. The van der Waals surface area contributed by atoms with Crippen LogP contribution in [0.3, 0.4) is 0 Å². The van der Waals surface area contributed by atoms with Crippen molar-refractivity contribution < 1.29 is 4.74 Å². The summed E-state index contributed by atoms with van der Waals surface area (Å²) in [6.07, 6.45) is 2.77. The molecule has 3 rings (SSSR count). The normalized spacial score (nSPS) is 14.8. The van der Waals surface area contributed by atoms with Crippen molar-refractivity contribution in [2.75, 3.05) is 0 Å². The Bertz CT molecular complexity index is 680. The Kier molecular flexibility index (Phi) is 3.04. The molecule has 0 aromatic heterocycles. The smallest absolute Gasteiger partial charge is 0.123 e. The highest BCUT2D eigenvalue weighted by atomic mass is 16.5. The van der Waals surface area contributed by atoms with E-state index in [2.05, 4.69) is 24.3 Å². The van der Waals surface area contributed by atoms with Gasteiger partial charge in [0.15, 0.2) is 0 Å². The lowest BCUT2D eigenvalue weighted by Crippen LogP contribution is -1.89. The van der Waals surface area contributed by atoms with Gasteiger partial charge in [-0.3, -0.25) is 0 Å². The zero-order chi connectivity index (χ0) is 13.1. The van der Waals surface area contributed by atoms with Crippen LogP contribution in [0.2, 0.25) is 0 Å². The van der Waals surface area contributed by atoms with Gasteiger partial charge in [0.1, 0.15) is 12.4 Å². The van der Waals surface area contributed by atoms with E-state index >= 15 is 0 Å². The molecule has 2 aromatic carbocycles. The van der Waals surface area contributed by atoms with Gasteiger partial charge in [-0.2, -0.15) is 5.26 Å². The summed E-state index contributed by atoms with van der Waals surface area (Å²) < 4.78 is 5.70. The molecular weight excluding hydrogens is 234 g/mol. The van der Waals surface area contributed by atoms with Crippen molar-refractivity contribution in [1.82, 2.24) is 0 Å². The van der Waals surface area contributed by atoms with Gasteiger partial charge >= 0.3 is 0 Å². The number of allylic oxidation sites excluding steroid dienone is 1. The van der Waals surface area contributed by atoms with Crippen LogP contribution < -0.4 is 0 Å². The summed E-state index contributed by atoms with van der Waals surface area (Å²) in [6.45, 7) is 0.641. The van der Waals surface area contributed by atoms with Crippen LogP contribution in [0, 0.1) is 11.3 Å². The van der Waals surface area contributed by atoms with Crippen molar-refractivity contribution in [2.45, 2.75) is 13.0 Å². The lowest BCUT2D eigenvalue weighted by Gasteiger charge is -2.02. The van der Waals surface area contributed by atoms with E-state index in [1.54, 1.807) is 0 Å². The molecule has 0 aliphatic carbocycles. The first-order chi connectivity index (χ1) is 9.38. The Labute approximate surface area is 112 Å². The minimum absolute atomic E-state index is 0.641. The lowest BCUT2D eigenvalue weighted by atomic mass is 10.0. The van der Waals surface area contributed by atoms with Crippen LogP contribution in [0.4, 0.5) is 0 Å². The maximum atomic E-state index is 9.07. The van der Waals surface area contributed by atoms with Crippen LogP contribution in [0.5, 0.6) is 0 Å². The summed E-state index contributed by atoms with van der Waals surface area (Å²) in [5, 5.41) is 9.07. The number of ether oxygens (including phenoxy) is 1. The van der Waals surface area contributed by atoms with Crippen LogP contribution in [-0.2, 0) is 17.8 Å². The standard InChI is InChI=1S/C17H13NO/c18-11-14-6-2-1-5-13(14)9-10-17-16-8-4-3-7-15(16)12-19-17/h1-8,10H,9,12H2/b17-10-. The van der Waals surface area contributed by atoms with Gasteiger partial charge in [0, 0.05) is 11.1 Å². The number of hydrogen-bond acceptors (Lipinski definition) is 2. The highest BCUT2D eigenvalue weighted by Crippen LogP contribution is 2.29. The molecule has 0 fully saturated rings. The predicted octanol–water partition coefficient (Wildman–Crippen LogP) is 3.67. The summed E-state index contributed by atoms with van der Waals surface area (Å²) in [5.74, 6) is 0.920. The molecule has 1 heterocycles. The Hall–Kier alpha value is -2.53. The molecule has 0 spiro atoms. The first kappa shape index (κ1) is 11.6. The molecule has 0 amide bonds.